The van der Waals surface area contributed by atoms with E-state index in [1.54, 1.807) is 0 Å². The molecule has 1 aliphatic rings. The van der Waals surface area contributed by atoms with Gasteiger partial charge in [0.2, 0.25) is 0 Å². The summed E-state index contributed by atoms with van der Waals surface area (Å²) < 4.78 is 9.05. The Morgan fingerprint density at radius 1 is 0.577 bits per heavy atom. The molecule has 0 fully saturated rings. The van der Waals surface area contributed by atoms with E-state index in [9.17, 15) is 0 Å². The molecule has 52 heavy (non-hydrogen) atoms. The van der Waals surface area contributed by atoms with Crippen LogP contribution < -0.4 is 4.90 Å². The molecule has 0 spiro atoms. The van der Waals surface area contributed by atoms with Gasteiger partial charge in [0.1, 0.15) is 11.3 Å². The molecule has 10 aromatic rings. The summed E-state index contributed by atoms with van der Waals surface area (Å²) in [6.07, 6.45) is 5.40. The molecule has 1 aliphatic carbocycles. The highest BCUT2D eigenvalue weighted by Crippen LogP contribution is 2.48. The largest absolute Gasteiger partial charge is 0.456 e. The number of para-hydroxylation sites is 3. The molecule has 0 N–H and O–H groups in total. The van der Waals surface area contributed by atoms with Gasteiger partial charge in [-0.3, -0.25) is 0 Å². The van der Waals surface area contributed by atoms with Crippen molar-refractivity contribution in [2.24, 2.45) is 5.92 Å². The summed E-state index contributed by atoms with van der Waals surface area (Å²) in [5, 5.41) is 11.1. The number of allylic oxidation sites excluding steroid dienone is 1. The highest BCUT2D eigenvalue weighted by molar-refractivity contribution is 6.24. The molecule has 0 bridgehead atoms. The molecule has 0 saturated heterocycles. The molecule has 0 aliphatic heterocycles. The van der Waals surface area contributed by atoms with Crippen LogP contribution in [0.5, 0.6) is 0 Å². The van der Waals surface area contributed by atoms with E-state index in [4.69, 9.17) is 4.42 Å². The fraction of sp³-hybridized carbons (Fsp3) is 0.0612. The predicted molar refractivity (Wildman–Crippen MR) is 220 cm³/mol. The second-order valence-electron chi connectivity index (χ2n) is 14.2. The molecule has 2 aromatic heterocycles. The maximum absolute atomic E-state index is 6.62. The third-order valence-electron chi connectivity index (χ3n) is 11.1. The first-order valence-corrected chi connectivity index (χ1v) is 18.2. The van der Waals surface area contributed by atoms with Crippen LogP contribution in [0.3, 0.4) is 0 Å². The molecule has 0 radical (unpaired) electrons. The molecular weight excluding hydrogens is 633 g/mol. The third-order valence-corrected chi connectivity index (χ3v) is 11.1. The number of hydrogen-bond acceptors (Lipinski definition) is 2. The molecule has 2 heterocycles. The number of hydrogen-bond donors (Lipinski definition) is 0. The summed E-state index contributed by atoms with van der Waals surface area (Å²) in [7, 11) is 0. The first-order valence-electron chi connectivity index (χ1n) is 18.2. The molecule has 0 amide bonds. The van der Waals surface area contributed by atoms with E-state index in [-0.39, 0.29) is 0 Å². The van der Waals surface area contributed by atoms with Crippen molar-refractivity contribution in [1.29, 1.82) is 0 Å². The van der Waals surface area contributed by atoms with Crippen LogP contribution in [0.2, 0.25) is 0 Å². The van der Waals surface area contributed by atoms with Gasteiger partial charge in [0.25, 0.3) is 0 Å². The van der Waals surface area contributed by atoms with E-state index in [1.807, 2.05) is 0 Å². The van der Waals surface area contributed by atoms with E-state index < -0.39 is 0 Å². The number of rotatable bonds is 4. The Bertz CT molecular complexity index is 3070. The van der Waals surface area contributed by atoms with Crippen molar-refractivity contribution in [2.45, 2.75) is 13.3 Å². The highest BCUT2D eigenvalue weighted by Gasteiger charge is 2.25. The Morgan fingerprint density at radius 2 is 1.31 bits per heavy atom. The van der Waals surface area contributed by atoms with Crippen LogP contribution in [0, 0.1) is 5.92 Å². The number of furan rings is 1. The van der Waals surface area contributed by atoms with Crippen LogP contribution >= 0.6 is 0 Å². The number of benzene rings is 8. The second-order valence-corrected chi connectivity index (χ2v) is 14.2. The average molecular weight is 667 g/mol. The Kier molecular flexibility index (Phi) is 6.29. The lowest BCUT2D eigenvalue weighted by atomic mass is 9.93. The summed E-state index contributed by atoms with van der Waals surface area (Å²) >= 11 is 0. The number of nitrogens with zero attached hydrogens (tertiary/aromatic N) is 2. The lowest BCUT2D eigenvalue weighted by Gasteiger charge is -2.29. The molecule has 8 aromatic carbocycles. The Labute approximate surface area is 301 Å². The van der Waals surface area contributed by atoms with Crippen molar-refractivity contribution in [2.75, 3.05) is 4.90 Å². The van der Waals surface area contributed by atoms with Gasteiger partial charge in [0, 0.05) is 44.5 Å². The van der Waals surface area contributed by atoms with Crippen molar-refractivity contribution in [3.8, 4) is 5.69 Å². The summed E-state index contributed by atoms with van der Waals surface area (Å²) in [5.74, 6) is 1.47. The van der Waals surface area contributed by atoms with E-state index in [1.165, 1.54) is 59.6 Å². The average Bonchev–Trinajstić information content (AvgIpc) is 3.73. The zero-order chi connectivity index (χ0) is 34.3. The maximum Gasteiger partial charge on any atom is 0.137 e. The van der Waals surface area contributed by atoms with Crippen LogP contribution in [0.4, 0.5) is 17.1 Å². The van der Waals surface area contributed by atoms with Gasteiger partial charge in [-0.25, -0.2) is 0 Å². The van der Waals surface area contributed by atoms with Gasteiger partial charge < -0.3 is 13.9 Å². The van der Waals surface area contributed by atoms with Crippen molar-refractivity contribution < 1.29 is 4.42 Å². The third kappa shape index (κ3) is 4.26. The zero-order valence-corrected chi connectivity index (χ0v) is 28.8. The van der Waals surface area contributed by atoms with Gasteiger partial charge in [-0.2, -0.15) is 0 Å². The van der Waals surface area contributed by atoms with Gasteiger partial charge in [-0.05, 0) is 87.8 Å². The van der Waals surface area contributed by atoms with Crippen molar-refractivity contribution in [1.82, 2.24) is 4.57 Å². The molecular formula is C49H34N2O. The molecule has 3 nitrogen and oxygen atoms in total. The minimum atomic E-state index is 0.488. The standard InChI is InChI=1S/C49H34N2O/c1-31-22-27-46-42(28-31)39-26-25-35(30-47(39)52-46)50(45-29-33-24-23-32-12-5-6-15-36(32)48(33)40-18-8-7-16-37(40)45)44-21-11-19-41-38-17-9-10-20-43(38)51(49(41)44)34-13-3-2-4-14-34/h2-27,29-31H,28H2,1H3. The Hall–Kier alpha value is -6.58. The van der Waals surface area contributed by atoms with Crippen molar-refractivity contribution >= 4 is 88.2 Å². The number of aromatic nitrogens is 1. The second kappa shape index (κ2) is 11.2. The van der Waals surface area contributed by atoms with Crippen LogP contribution in [0.15, 0.2) is 168 Å². The van der Waals surface area contributed by atoms with Gasteiger partial charge in [-0.1, -0.05) is 122 Å². The maximum atomic E-state index is 6.62. The first-order chi connectivity index (χ1) is 25.7. The highest BCUT2D eigenvalue weighted by atomic mass is 16.3. The minimum absolute atomic E-state index is 0.488. The van der Waals surface area contributed by atoms with Gasteiger partial charge in [-0.15, -0.1) is 0 Å². The fourth-order valence-electron chi connectivity index (χ4n) is 8.76. The van der Waals surface area contributed by atoms with E-state index in [0.717, 1.165) is 46.0 Å². The van der Waals surface area contributed by atoms with E-state index >= 15 is 0 Å². The summed E-state index contributed by atoms with van der Waals surface area (Å²) in [5.41, 5.74) is 8.97. The van der Waals surface area contributed by atoms with Gasteiger partial charge in [0.15, 0.2) is 0 Å². The number of fused-ring (bicyclic) bond motifs is 11. The van der Waals surface area contributed by atoms with Crippen molar-refractivity contribution in [3.05, 3.63) is 175 Å². The lowest BCUT2D eigenvalue weighted by molar-refractivity contribution is 0.584. The topological polar surface area (TPSA) is 21.3 Å². The smallest absolute Gasteiger partial charge is 0.137 e. The van der Waals surface area contributed by atoms with Crippen LogP contribution in [0.25, 0.3) is 76.9 Å². The molecule has 246 valence electrons. The van der Waals surface area contributed by atoms with E-state index in [0.29, 0.717) is 5.92 Å². The Morgan fingerprint density at radius 3 is 2.19 bits per heavy atom. The predicted octanol–water partition coefficient (Wildman–Crippen LogP) is 13.7. The minimum Gasteiger partial charge on any atom is -0.456 e. The zero-order valence-electron chi connectivity index (χ0n) is 28.8. The quantitative estimate of drug-likeness (QED) is 0.174. The van der Waals surface area contributed by atoms with Crippen molar-refractivity contribution in [3.63, 3.8) is 0 Å². The summed E-state index contributed by atoms with van der Waals surface area (Å²) in [4.78, 5) is 2.47. The first kappa shape index (κ1) is 29.2. The summed E-state index contributed by atoms with van der Waals surface area (Å²) in [6.45, 7) is 2.27. The fourth-order valence-corrected chi connectivity index (χ4v) is 8.76. The number of anilines is 3. The molecule has 0 saturated carbocycles. The van der Waals surface area contributed by atoms with Crippen LogP contribution in [-0.2, 0) is 6.42 Å². The van der Waals surface area contributed by atoms with E-state index in [2.05, 4.69) is 186 Å². The molecule has 1 atom stereocenters. The van der Waals surface area contributed by atoms with Gasteiger partial charge >= 0.3 is 0 Å². The monoisotopic (exact) mass is 666 g/mol. The molecule has 11 rings (SSSR count). The SMILES string of the molecule is CC1C=Cc2oc3cc(N(c4cc5ccc6ccccc6c5c5ccccc45)c4cccc5c6ccccc6n(-c6ccccc6)c45)ccc3c2C1. The van der Waals surface area contributed by atoms with Gasteiger partial charge in [0.05, 0.1) is 22.4 Å². The molecule has 1 unspecified atom stereocenters. The molecule has 3 heteroatoms. The summed E-state index contributed by atoms with van der Waals surface area (Å²) in [6, 6.07) is 57.6. The Balaban J connectivity index is 1.28. The normalized spacial score (nSPS) is 14.3. The van der Waals surface area contributed by atoms with Crippen LogP contribution in [0.1, 0.15) is 18.2 Å². The van der Waals surface area contributed by atoms with Crippen LogP contribution in [-0.4, -0.2) is 4.57 Å². The lowest BCUT2D eigenvalue weighted by Crippen LogP contribution is -2.12.